The summed E-state index contributed by atoms with van der Waals surface area (Å²) in [6, 6.07) is 12.3. The summed E-state index contributed by atoms with van der Waals surface area (Å²) in [7, 11) is 1.65. The molecule has 0 unspecified atom stereocenters. The molecular weight excluding hydrogens is 273 g/mol. The number of methoxy groups -OCH3 is 1. The molecule has 0 aliphatic carbocycles. The first-order valence-corrected chi connectivity index (χ1v) is 6.94. The van der Waals surface area contributed by atoms with Crippen molar-refractivity contribution < 1.29 is 9.13 Å². The lowest BCUT2D eigenvalue weighted by atomic mass is 10.2. The molecule has 3 rings (SSSR count). The van der Waals surface area contributed by atoms with Gasteiger partial charge in [-0.05, 0) is 42.0 Å². The van der Waals surface area contributed by atoms with E-state index in [1.54, 1.807) is 24.5 Å². The number of nitrogens with zero attached hydrogens (tertiary/aromatic N) is 1. The van der Waals surface area contributed by atoms with Crippen LogP contribution in [-0.2, 0) is 0 Å². The fourth-order valence-electron chi connectivity index (χ4n) is 1.90. The molecule has 2 aromatic carbocycles. The Labute approximate surface area is 120 Å². The highest BCUT2D eigenvalue weighted by atomic mass is 32.1. The third kappa shape index (κ3) is 2.70. The molecule has 0 aliphatic heterocycles. The molecule has 100 valence electrons. The monoisotopic (exact) mass is 285 g/mol. The summed E-state index contributed by atoms with van der Waals surface area (Å²) < 4.78 is 19.3. The number of fused-ring (bicyclic) bond motifs is 1. The highest BCUT2D eigenvalue weighted by molar-refractivity contribution is 7.19. The molecule has 0 saturated heterocycles. The normalized spacial score (nSPS) is 11.3. The van der Waals surface area contributed by atoms with Gasteiger partial charge in [0.25, 0.3) is 0 Å². The van der Waals surface area contributed by atoms with E-state index in [1.807, 2.05) is 36.4 Å². The van der Waals surface area contributed by atoms with E-state index in [1.165, 1.54) is 12.1 Å². The Bertz CT molecular complexity index is 779. The van der Waals surface area contributed by atoms with Crippen molar-refractivity contribution in [1.82, 2.24) is 4.98 Å². The van der Waals surface area contributed by atoms with Crippen LogP contribution in [0.2, 0.25) is 0 Å². The Morgan fingerprint density at radius 1 is 1.15 bits per heavy atom. The van der Waals surface area contributed by atoms with Crippen LogP contribution in [0.5, 0.6) is 5.75 Å². The van der Waals surface area contributed by atoms with E-state index in [0.29, 0.717) is 0 Å². The Morgan fingerprint density at radius 2 is 2.05 bits per heavy atom. The number of rotatable bonds is 3. The van der Waals surface area contributed by atoms with Gasteiger partial charge in [0.15, 0.2) is 0 Å². The first kappa shape index (κ1) is 12.8. The lowest BCUT2D eigenvalue weighted by molar-refractivity contribution is 0.415. The first-order chi connectivity index (χ1) is 9.74. The lowest BCUT2D eigenvalue weighted by Crippen LogP contribution is -1.80. The number of halogens is 1. The molecule has 0 radical (unpaired) electrons. The maximum atomic E-state index is 13.1. The molecule has 20 heavy (non-hydrogen) atoms. The van der Waals surface area contributed by atoms with Gasteiger partial charge in [0.05, 0.1) is 17.3 Å². The average Bonchev–Trinajstić information content (AvgIpc) is 2.87. The summed E-state index contributed by atoms with van der Waals surface area (Å²) in [5, 5.41) is 0.887. The van der Waals surface area contributed by atoms with Crippen molar-refractivity contribution in [3.63, 3.8) is 0 Å². The summed E-state index contributed by atoms with van der Waals surface area (Å²) in [6.07, 6.45) is 3.75. The molecule has 1 heterocycles. The predicted octanol–water partition coefficient (Wildman–Crippen LogP) is 4.61. The molecule has 2 nitrogen and oxygen atoms in total. The van der Waals surface area contributed by atoms with E-state index >= 15 is 0 Å². The van der Waals surface area contributed by atoms with Crippen LogP contribution in [0.3, 0.4) is 0 Å². The van der Waals surface area contributed by atoms with Crippen LogP contribution >= 0.6 is 11.3 Å². The number of benzene rings is 2. The molecule has 0 bridgehead atoms. The highest BCUT2D eigenvalue weighted by Gasteiger charge is 2.02. The average molecular weight is 285 g/mol. The van der Waals surface area contributed by atoms with Crippen LogP contribution in [0.1, 0.15) is 10.6 Å². The third-order valence-electron chi connectivity index (χ3n) is 2.88. The topological polar surface area (TPSA) is 22.1 Å². The summed E-state index contributed by atoms with van der Waals surface area (Å²) in [4.78, 5) is 4.51. The largest absolute Gasteiger partial charge is 0.497 e. The molecule has 3 aromatic rings. The number of hydrogen-bond acceptors (Lipinski definition) is 3. The van der Waals surface area contributed by atoms with Gasteiger partial charge < -0.3 is 4.74 Å². The van der Waals surface area contributed by atoms with Crippen LogP contribution < -0.4 is 4.74 Å². The van der Waals surface area contributed by atoms with E-state index in [0.717, 1.165) is 26.5 Å². The Hall–Kier alpha value is -2.20. The molecule has 0 aliphatic rings. The second-order valence-corrected chi connectivity index (χ2v) is 5.34. The number of ether oxygens (including phenoxy) is 1. The van der Waals surface area contributed by atoms with Crippen molar-refractivity contribution in [1.29, 1.82) is 0 Å². The quantitative estimate of drug-likeness (QED) is 0.701. The molecular formula is C16H12FNOS. The van der Waals surface area contributed by atoms with E-state index in [9.17, 15) is 4.39 Å². The van der Waals surface area contributed by atoms with Crippen LogP contribution in [0.25, 0.3) is 22.4 Å². The van der Waals surface area contributed by atoms with Crippen molar-refractivity contribution >= 4 is 33.7 Å². The summed E-state index contributed by atoms with van der Waals surface area (Å²) in [6.45, 7) is 0. The molecule has 0 atom stereocenters. The van der Waals surface area contributed by atoms with Gasteiger partial charge in [-0.2, -0.15) is 0 Å². The maximum absolute atomic E-state index is 13.1. The fourth-order valence-corrected chi connectivity index (χ4v) is 2.80. The minimum atomic E-state index is -0.235. The van der Waals surface area contributed by atoms with E-state index in [4.69, 9.17) is 4.74 Å². The highest BCUT2D eigenvalue weighted by Crippen LogP contribution is 2.27. The number of aromatic nitrogens is 1. The Balaban J connectivity index is 1.91. The van der Waals surface area contributed by atoms with Gasteiger partial charge in [0.1, 0.15) is 16.6 Å². The van der Waals surface area contributed by atoms with Gasteiger partial charge in [-0.15, -0.1) is 11.3 Å². The zero-order valence-corrected chi connectivity index (χ0v) is 11.7. The van der Waals surface area contributed by atoms with Crippen LogP contribution in [-0.4, -0.2) is 12.1 Å². The first-order valence-electron chi connectivity index (χ1n) is 6.13. The molecule has 4 heteroatoms. The summed E-state index contributed by atoms with van der Waals surface area (Å²) >= 11 is 1.58. The van der Waals surface area contributed by atoms with Gasteiger partial charge in [0, 0.05) is 0 Å². The smallest absolute Gasteiger partial charge is 0.123 e. The fraction of sp³-hybridized carbons (Fsp3) is 0.0625. The van der Waals surface area contributed by atoms with Crippen molar-refractivity contribution in [3.8, 4) is 5.75 Å². The molecule has 0 fully saturated rings. The van der Waals surface area contributed by atoms with Crippen molar-refractivity contribution in [3.05, 3.63) is 58.9 Å². The second-order valence-electron chi connectivity index (χ2n) is 4.27. The number of thiazole rings is 1. The molecule has 0 N–H and O–H groups in total. The summed E-state index contributed by atoms with van der Waals surface area (Å²) in [5.41, 5.74) is 1.76. The van der Waals surface area contributed by atoms with Crippen LogP contribution in [0.4, 0.5) is 4.39 Å². The van der Waals surface area contributed by atoms with Gasteiger partial charge in [-0.3, -0.25) is 0 Å². The van der Waals surface area contributed by atoms with Gasteiger partial charge >= 0.3 is 0 Å². The van der Waals surface area contributed by atoms with E-state index in [-0.39, 0.29) is 5.82 Å². The maximum Gasteiger partial charge on any atom is 0.123 e. The van der Waals surface area contributed by atoms with Gasteiger partial charge in [-0.1, -0.05) is 18.2 Å². The minimum Gasteiger partial charge on any atom is -0.497 e. The lowest BCUT2D eigenvalue weighted by Gasteiger charge is -1.96. The predicted molar refractivity (Wildman–Crippen MR) is 81.5 cm³/mol. The van der Waals surface area contributed by atoms with Crippen LogP contribution in [0, 0.1) is 5.82 Å². The Kier molecular flexibility index (Phi) is 3.48. The zero-order chi connectivity index (χ0) is 13.9. The Morgan fingerprint density at radius 3 is 2.85 bits per heavy atom. The zero-order valence-electron chi connectivity index (χ0n) is 10.8. The van der Waals surface area contributed by atoms with Crippen molar-refractivity contribution in [2.45, 2.75) is 0 Å². The number of hydrogen-bond donors (Lipinski definition) is 0. The molecule has 0 spiro atoms. The van der Waals surface area contributed by atoms with Crippen LogP contribution in [0.15, 0.2) is 42.5 Å². The molecule has 0 saturated carbocycles. The SMILES string of the molecule is COc1ccc2nc(/C=C/c3cccc(F)c3)sc2c1. The second kappa shape index (κ2) is 5.43. The summed E-state index contributed by atoms with van der Waals surface area (Å²) in [5.74, 6) is 0.586. The molecule has 0 amide bonds. The van der Waals surface area contributed by atoms with Gasteiger partial charge in [-0.25, -0.2) is 9.37 Å². The van der Waals surface area contributed by atoms with E-state index in [2.05, 4.69) is 4.98 Å². The van der Waals surface area contributed by atoms with Crippen molar-refractivity contribution in [2.24, 2.45) is 0 Å². The minimum absolute atomic E-state index is 0.235. The van der Waals surface area contributed by atoms with Gasteiger partial charge in [0.2, 0.25) is 0 Å². The standard InChI is InChI=1S/C16H12FNOS/c1-19-13-6-7-14-15(10-13)20-16(18-14)8-5-11-3-2-4-12(17)9-11/h2-10H,1H3/b8-5+. The van der Waals surface area contributed by atoms with Crippen molar-refractivity contribution in [2.75, 3.05) is 7.11 Å². The van der Waals surface area contributed by atoms with E-state index < -0.39 is 0 Å². The third-order valence-corrected chi connectivity index (χ3v) is 3.86. The molecule has 1 aromatic heterocycles.